The molecule has 1 saturated carbocycles. The zero-order chi connectivity index (χ0) is 31.1. The molecule has 1 aliphatic heterocycles. The molecule has 44 heavy (non-hydrogen) atoms. The Morgan fingerprint density at radius 3 is 2.34 bits per heavy atom. The maximum absolute atomic E-state index is 15.0. The molecule has 1 heterocycles. The van der Waals surface area contributed by atoms with Gasteiger partial charge in [0.25, 0.3) is 0 Å². The SMILES string of the molecule is CCS(=O)(=O)N(CC(=O)N(Cc1ccccc1F)C(Cc1ccccc1)C(=O)NC1CCCC1)c1ccc2c(c1)OCCO2. The average Bonchev–Trinajstić information content (AvgIpc) is 3.55. The van der Waals surface area contributed by atoms with Gasteiger partial charge in [0.05, 0.1) is 11.4 Å². The van der Waals surface area contributed by atoms with Crippen LogP contribution in [0.25, 0.3) is 0 Å². The number of ether oxygens (including phenoxy) is 2. The first-order valence-corrected chi connectivity index (χ1v) is 16.6. The van der Waals surface area contributed by atoms with Crippen molar-refractivity contribution in [2.45, 2.75) is 57.7 Å². The molecule has 2 aliphatic rings. The van der Waals surface area contributed by atoms with Crippen LogP contribution in [0.1, 0.15) is 43.7 Å². The second kappa shape index (κ2) is 14.1. The van der Waals surface area contributed by atoms with E-state index in [9.17, 15) is 22.4 Å². The highest BCUT2D eigenvalue weighted by Crippen LogP contribution is 2.35. The maximum Gasteiger partial charge on any atom is 0.244 e. The summed E-state index contributed by atoms with van der Waals surface area (Å²) < 4.78 is 54.1. The van der Waals surface area contributed by atoms with E-state index in [0.717, 1.165) is 35.6 Å². The van der Waals surface area contributed by atoms with E-state index in [4.69, 9.17) is 9.47 Å². The van der Waals surface area contributed by atoms with Crippen LogP contribution in [0.3, 0.4) is 0 Å². The molecular weight excluding hydrogens is 585 g/mol. The van der Waals surface area contributed by atoms with Gasteiger partial charge in [-0.2, -0.15) is 0 Å². The van der Waals surface area contributed by atoms with Crippen LogP contribution < -0.4 is 19.1 Å². The Morgan fingerprint density at radius 2 is 1.64 bits per heavy atom. The summed E-state index contributed by atoms with van der Waals surface area (Å²) in [6, 6.07) is 19.0. The van der Waals surface area contributed by atoms with E-state index in [0.29, 0.717) is 24.7 Å². The summed E-state index contributed by atoms with van der Waals surface area (Å²) in [5.74, 6) is -0.925. The van der Waals surface area contributed by atoms with Crippen molar-refractivity contribution in [3.8, 4) is 11.5 Å². The molecule has 11 heteroatoms. The number of sulfonamides is 1. The molecule has 2 amide bonds. The first-order valence-electron chi connectivity index (χ1n) is 15.0. The molecule has 1 fully saturated rings. The van der Waals surface area contributed by atoms with Crippen molar-refractivity contribution < 1.29 is 31.9 Å². The molecule has 1 unspecified atom stereocenters. The number of carbonyl (C=O) groups excluding carboxylic acids is 2. The molecule has 1 atom stereocenters. The second-order valence-corrected chi connectivity index (χ2v) is 13.2. The van der Waals surface area contributed by atoms with Crippen LogP contribution >= 0.6 is 0 Å². The summed E-state index contributed by atoms with van der Waals surface area (Å²) in [7, 11) is -3.96. The molecule has 0 aromatic heterocycles. The molecular formula is C33H38FN3O6S. The number of hydrogen-bond acceptors (Lipinski definition) is 6. The van der Waals surface area contributed by atoms with Gasteiger partial charge < -0.3 is 19.7 Å². The highest BCUT2D eigenvalue weighted by atomic mass is 32.2. The van der Waals surface area contributed by atoms with Crippen LogP contribution in [0.15, 0.2) is 72.8 Å². The highest BCUT2D eigenvalue weighted by molar-refractivity contribution is 7.92. The van der Waals surface area contributed by atoms with Crippen molar-refractivity contribution in [3.63, 3.8) is 0 Å². The van der Waals surface area contributed by atoms with E-state index in [-0.39, 0.29) is 41.9 Å². The van der Waals surface area contributed by atoms with Crippen LogP contribution in [0.4, 0.5) is 10.1 Å². The molecule has 234 valence electrons. The molecule has 3 aromatic rings. The van der Waals surface area contributed by atoms with Crippen LogP contribution in [0.2, 0.25) is 0 Å². The zero-order valence-electron chi connectivity index (χ0n) is 24.8. The number of rotatable bonds is 12. The normalized spacial score (nSPS) is 15.4. The minimum absolute atomic E-state index is 0.0131. The number of benzene rings is 3. The van der Waals surface area contributed by atoms with Crippen LogP contribution in [-0.2, 0) is 32.6 Å². The van der Waals surface area contributed by atoms with Crippen molar-refractivity contribution in [1.82, 2.24) is 10.2 Å². The van der Waals surface area contributed by atoms with E-state index in [1.54, 1.807) is 30.3 Å². The number of anilines is 1. The Balaban J connectivity index is 1.53. The number of carbonyl (C=O) groups is 2. The van der Waals surface area contributed by atoms with Crippen molar-refractivity contribution in [2.24, 2.45) is 0 Å². The smallest absolute Gasteiger partial charge is 0.244 e. The van der Waals surface area contributed by atoms with Crippen LogP contribution in [-0.4, -0.2) is 62.7 Å². The van der Waals surface area contributed by atoms with Gasteiger partial charge in [-0.15, -0.1) is 0 Å². The first-order chi connectivity index (χ1) is 21.2. The molecule has 5 rings (SSSR count). The third-order valence-corrected chi connectivity index (χ3v) is 9.81. The molecule has 0 bridgehead atoms. The number of hydrogen-bond donors (Lipinski definition) is 1. The minimum atomic E-state index is -3.96. The van der Waals surface area contributed by atoms with Crippen molar-refractivity contribution in [2.75, 3.05) is 29.8 Å². The summed E-state index contributed by atoms with van der Waals surface area (Å²) in [5, 5.41) is 3.11. The van der Waals surface area contributed by atoms with Gasteiger partial charge in [-0.25, -0.2) is 12.8 Å². The Hall–Kier alpha value is -4.12. The van der Waals surface area contributed by atoms with Gasteiger partial charge in [0.1, 0.15) is 31.6 Å². The Morgan fingerprint density at radius 1 is 0.955 bits per heavy atom. The summed E-state index contributed by atoms with van der Waals surface area (Å²) in [6.07, 6.45) is 3.87. The fraction of sp³-hybridized carbons (Fsp3) is 0.394. The van der Waals surface area contributed by atoms with Crippen LogP contribution in [0, 0.1) is 5.82 Å². The molecule has 1 aliphatic carbocycles. The maximum atomic E-state index is 15.0. The van der Waals surface area contributed by atoms with Gasteiger partial charge in [0, 0.05) is 30.6 Å². The standard InChI is InChI=1S/C33H38FN3O6S/c1-2-44(40,41)37(27-16-17-30-31(21-27)43-19-18-42-30)23-32(38)36(22-25-12-6-9-15-28(25)34)29(20-24-10-4-3-5-11-24)33(39)35-26-13-7-8-14-26/h3-6,9-12,15-17,21,26,29H,2,7-8,13-14,18-20,22-23H2,1H3,(H,35,39). The van der Waals surface area contributed by atoms with E-state index < -0.39 is 34.3 Å². The largest absolute Gasteiger partial charge is 0.486 e. The number of amides is 2. The van der Waals surface area contributed by atoms with Crippen molar-refractivity contribution >= 4 is 27.5 Å². The quantitative estimate of drug-likeness (QED) is 0.320. The number of fused-ring (bicyclic) bond motifs is 1. The van der Waals surface area contributed by atoms with Gasteiger partial charge in [0.2, 0.25) is 21.8 Å². The van der Waals surface area contributed by atoms with E-state index in [1.807, 2.05) is 30.3 Å². The lowest BCUT2D eigenvalue weighted by Crippen LogP contribution is -2.54. The minimum Gasteiger partial charge on any atom is -0.486 e. The lowest BCUT2D eigenvalue weighted by atomic mass is 10.0. The molecule has 9 nitrogen and oxygen atoms in total. The molecule has 1 N–H and O–H groups in total. The lowest BCUT2D eigenvalue weighted by molar-refractivity contribution is -0.140. The third-order valence-electron chi connectivity index (χ3n) is 8.06. The Labute approximate surface area is 258 Å². The number of nitrogens with zero attached hydrogens (tertiary/aromatic N) is 2. The van der Waals surface area contributed by atoms with E-state index in [1.165, 1.54) is 24.0 Å². The molecule has 3 aromatic carbocycles. The summed E-state index contributed by atoms with van der Waals surface area (Å²) in [5.41, 5.74) is 1.26. The molecule has 0 saturated heterocycles. The third kappa shape index (κ3) is 7.50. The molecule has 0 radical (unpaired) electrons. The van der Waals surface area contributed by atoms with Gasteiger partial charge in [-0.05, 0) is 43.5 Å². The van der Waals surface area contributed by atoms with Crippen molar-refractivity contribution in [1.29, 1.82) is 0 Å². The van der Waals surface area contributed by atoms with Crippen molar-refractivity contribution in [3.05, 3.63) is 89.7 Å². The van der Waals surface area contributed by atoms with E-state index in [2.05, 4.69) is 5.32 Å². The number of halogens is 1. The summed E-state index contributed by atoms with van der Waals surface area (Å²) in [4.78, 5) is 29.6. The Kier molecular flexibility index (Phi) is 10.0. The summed E-state index contributed by atoms with van der Waals surface area (Å²) >= 11 is 0. The van der Waals surface area contributed by atoms with Gasteiger partial charge >= 0.3 is 0 Å². The monoisotopic (exact) mass is 623 g/mol. The lowest BCUT2D eigenvalue weighted by Gasteiger charge is -2.34. The highest BCUT2D eigenvalue weighted by Gasteiger charge is 2.35. The van der Waals surface area contributed by atoms with Gasteiger partial charge in [0.15, 0.2) is 11.5 Å². The van der Waals surface area contributed by atoms with Gasteiger partial charge in [-0.1, -0.05) is 61.4 Å². The first kappa shape index (κ1) is 31.3. The number of nitrogens with one attached hydrogen (secondary N) is 1. The topological polar surface area (TPSA) is 105 Å². The Bertz CT molecular complexity index is 1560. The molecule has 0 spiro atoms. The van der Waals surface area contributed by atoms with Gasteiger partial charge in [-0.3, -0.25) is 13.9 Å². The fourth-order valence-electron chi connectivity index (χ4n) is 5.64. The predicted octanol–water partition coefficient (Wildman–Crippen LogP) is 4.45. The zero-order valence-corrected chi connectivity index (χ0v) is 25.6. The van der Waals surface area contributed by atoms with E-state index >= 15 is 0 Å². The predicted molar refractivity (Wildman–Crippen MR) is 166 cm³/mol. The second-order valence-electron chi connectivity index (χ2n) is 11.0. The fourth-order valence-corrected chi connectivity index (χ4v) is 6.69. The average molecular weight is 624 g/mol. The van der Waals surface area contributed by atoms with Crippen LogP contribution in [0.5, 0.6) is 11.5 Å². The summed E-state index contributed by atoms with van der Waals surface area (Å²) in [6.45, 7) is 1.37.